The van der Waals surface area contributed by atoms with Crippen LogP contribution in [0.15, 0.2) is 38.3 Å². The molecule has 1 amide bonds. The molecular formula is C24H26FN3O4. The van der Waals surface area contributed by atoms with Crippen molar-refractivity contribution < 1.29 is 13.6 Å². The number of amides is 1. The number of carbonyl (C=O) groups excluding carboxylic acids is 1. The van der Waals surface area contributed by atoms with Gasteiger partial charge in [0.2, 0.25) is 0 Å². The van der Waals surface area contributed by atoms with Gasteiger partial charge in [-0.15, -0.1) is 0 Å². The predicted octanol–water partition coefficient (Wildman–Crippen LogP) is 4.46. The van der Waals surface area contributed by atoms with Gasteiger partial charge < -0.3 is 20.4 Å². The fourth-order valence-electron chi connectivity index (χ4n) is 4.05. The minimum atomic E-state index is -0.764. The zero-order valence-electron chi connectivity index (χ0n) is 18.7. The molecule has 0 spiro atoms. The molecule has 2 atom stereocenters. The number of fused-ring (bicyclic) bond motifs is 1. The van der Waals surface area contributed by atoms with E-state index in [0.29, 0.717) is 11.3 Å². The van der Waals surface area contributed by atoms with Crippen molar-refractivity contribution in [2.45, 2.75) is 53.1 Å². The largest absolute Gasteiger partial charge is 0.464 e. The molecule has 1 unspecified atom stereocenters. The van der Waals surface area contributed by atoms with Crippen molar-refractivity contribution >= 4 is 23.0 Å². The van der Waals surface area contributed by atoms with Gasteiger partial charge in [-0.2, -0.15) is 0 Å². The van der Waals surface area contributed by atoms with E-state index in [2.05, 4.69) is 16.0 Å². The standard InChI is InChI=1S/C24H26FN3O4/c1-6-24(4,5)22(15-10-7-11(2)32-15)28-19-18(20(29)21(19)30)27-17-14(25)9-8-13-12(3)26-23(31)16(13)17/h7-10,12,22,27-28H,6H2,1-5H3,(H,26,31)/t12?,22-/m0/s1. The first-order chi connectivity index (χ1) is 15.0. The summed E-state index contributed by atoms with van der Waals surface area (Å²) in [6.45, 7) is 9.69. The summed E-state index contributed by atoms with van der Waals surface area (Å²) in [4.78, 5) is 37.3. The molecule has 168 valence electrons. The lowest BCUT2D eigenvalue weighted by Gasteiger charge is -2.34. The van der Waals surface area contributed by atoms with Gasteiger partial charge in [0.25, 0.3) is 16.8 Å². The maximum absolute atomic E-state index is 14.7. The summed E-state index contributed by atoms with van der Waals surface area (Å²) >= 11 is 0. The van der Waals surface area contributed by atoms with E-state index >= 15 is 0 Å². The second-order valence-corrected chi connectivity index (χ2v) is 8.98. The summed E-state index contributed by atoms with van der Waals surface area (Å²) in [7, 11) is 0. The Labute approximate surface area is 184 Å². The normalized spacial score (nSPS) is 16.7. The van der Waals surface area contributed by atoms with Crippen molar-refractivity contribution in [1.29, 1.82) is 0 Å². The molecule has 2 aromatic carbocycles. The van der Waals surface area contributed by atoms with Crippen molar-refractivity contribution in [1.82, 2.24) is 5.32 Å². The van der Waals surface area contributed by atoms with Crippen LogP contribution in [-0.2, 0) is 0 Å². The third kappa shape index (κ3) is 3.39. The lowest BCUT2D eigenvalue weighted by molar-refractivity contribution is 0.0959. The van der Waals surface area contributed by atoms with Gasteiger partial charge in [0.05, 0.1) is 23.3 Å². The Hall–Kier alpha value is -3.42. The smallest absolute Gasteiger partial charge is 0.254 e. The van der Waals surface area contributed by atoms with Crippen LogP contribution in [0.2, 0.25) is 0 Å². The Morgan fingerprint density at radius 2 is 1.78 bits per heavy atom. The van der Waals surface area contributed by atoms with Crippen LogP contribution in [0.5, 0.6) is 0 Å². The van der Waals surface area contributed by atoms with Gasteiger partial charge in [0.1, 0.15) is 28.7 Å². The molecule has 4 rings (SSSR count). The van der Waals surface area contributed by atoms with Gasteiger partial charge in [0, 0.05) is 0 Å². The molecule has 7 nitrogen and oxygen atoms in total. The molecule has 0 aliphatic carbocycles. The highest BCUT2D eigenvalue weighted by Crippen LogP contribution is 2.41. The summed E-state index contributed by atoms with van der Waals surface area (Å²) in [5.74, 6) is 0.246. The summed E-state index contributed by atoms with van der Waals surface area (Å²) < 4.78 is 20.5. The van der Waals surface area contributed by atoms with E-state index in [1.54, 1.807) is 13.0 Å². The number of rotatable bonds is 7. The van der Waals surface area contributed by atoms with Crippen LogP contribution in [0.1, 0.15) is 73.6 Å². The van der Waals surface area contributed by atoms with Crippen LogP contribution in [0.25, 0.3) is 0 Å². The third-order valence-corrected chi connectivity index (χ3v) is 6.42. The van der Waals surface area contributed by atoms with Gasteiger partial charge in [-0.05, 0) is 49.4 Å². The van der Waals surface area contributed by atoms with Gasteiger partial charge in [-0.1, -0.05) is 26.8 Å². The molecule has 1 aliphatic heterocycles. The molecule has 8 heteroatoms. The molecule has 0 fully saturated rings. The van der Waals surface area contributed by atoms with Crippen molar-refractivity contribution in [3.05, 3.63) is 73.2 Å². The topological polar surface area (TPSA) is 100 Å². The molecule has 0 saturated heterocycles. The number of aryl methyl sites for hydroxylation is 1. The zero-order valence-corrected chi connectivity index (χ0v) is 18.7. The Balaban J connectivity index is 1.74. The lowest BCUT2D eigenvalue weighted by atomic mass is 9.80. The van der Waals surface area contributed by atoms with E-state index in [1.165, 1.54) is 6.07 Å². The monoisotopic (exact) mass is 439 g/mol. The molecule has 0 saturated carbocycles. The number of halogens is 1. The molecule has 0 radical (unpaired) electrons. The molecule has 1 aromatic heterocycles. The Morgan fingerprint density at radius 3 is 2.41 bits per heavy atom. The van der Waals surface area contributed by atoms with Crippen LogP contribution in [-0.4, -0.2) is 5.91 Å². The Kier molecular flexibility index (Phi) is 5.19. The average molecular weight is 439 g/mol. The van der Waals surface area contributed by atoms with Gasteiger partial charge in [-0.3, -0.25) is 14.4 Å². The quantitative estimate of drug-likeness (QED) is 0.470. The number of hydrogen-bond donors (Lipinski definition) is 3. The summed E-state index contributed by atoms with van der Waals surface area (Å²) in [6, 6.07) is 5.77. The summed E-state index contributed by atoms with van der Waals surface area (Å²) in [6.07, 6.45) is 0.765. The van der Waals surface area contributed by atoms with E-state index in [4.69, 9.17) is 4.42 Å². The minimum absolute atomic E-state index is 0.0547. The maximum atomic E-state index is 14.7. The fraction of sp³-hybridized carbons (Fsp3) is 0.375. The molecule has 3 aromatic rings. The fourth-order valence-corrected chi connectivity index (χ4v) is 4.05. The van der Waals surface area contributed by atoms with Crippen molar-refractivity contribution in [2.24, 2.45) is 5.41 Å². The second-order valence-electron chi connectivity index (χ2n) is 8.98. The van der Waals surface area contributed by atoms with E-state index < -0.39 is 28.6 Å². The van der Waals surface area contributed by atoms with Crippen LogP contribution < -0.4 is 26.8 Å². The van der Waals surface area contributed by atoms with Crippen molar-refractivity contribution in [2.75, 3.05) is 10.6 Å². The van der Waals surface area contributed by atoms with Gasteiger partial charge >= 0.3 is 0 Å². The average Bonchev–Trinajstić information content (AvgIpc) is 3.30. The first-order valence-electron chi connectivity index (χ1n) is 10.6. The van der Waals surface area contributed by atoms with Crippen molar-refractivity contribution in [3.63, 3.8) is 0 Å². The number of carbonyl (C=O) groups is 1. The van der Waals surface area contributed by atoms with Crippen LogP contribution in [0.4, 0.5) is 21.5 Å². The van der Waals surface area contributed by atoms with Crippen LogP contribution >= 0.6 is 0 Å². The van der Waals surface area contributed by atoms with Crippen LogP contribution in [0.3, 0.4) is 0 Å². The lowest BCUT2D eigenvalue weighted by Crippen LogP contribution is -2.40. The maximum Gasteiger partial charge on any atom is 0.254 e. The highest BCUT2D eigenvalue weighted by atomic mass is 19.1. The molecule has 2 heterocycles. The Bertz CT molecular complexity index is 1280. The molecule has 1 aliphatic rings. The predicted molar refractivity (Wildman–Crippen MR) is 121 cm³/mol. The first kappa shape index (κ1) is 21.8. The molecule has 32 heavy (non-hydrogen) atoms. The van der Waals surface area contributed by atoms with Gasteiger partial charge in [-0.25, -0.2) is 4.39 Å². The SMILES string of the molecule is CCC(C)(C)[C@@H](Nc1c(Nc2c(F)ccc3c2C(=O)NC3C)c(=O)c1=O)c1ccc(C)o1. The van der Waals surface area contributed by atoms with Crippen molar-refractivity contribution in [3.8, 4) is 0 Å². The Morgan fingerprint density at radius 1 is 1.09 bits per heavy atom. The van der Waals surface area contributed by atoms with Gasteiger partial charge in [0.15, 0.2) is 0 Å². The van der Waals surface area contributed by atoms with E-state index in [9.17, 15) is 18.8 Å². The number of benzene rings is 1. The van der Waals surface area contributed by atoms with E-state index in [1.807, 2.05) is 39.8 Å². The summed E-state index contributed by atoms with van der Waals surface area (Å²) in [5.41, 5.74) is -1.13. The zero-order chi connectivity index (χ0) is 23.4. The second kappa shape index (κ2) is 7.62. The van der Waals surface area contributed by atoms with E-state index in [-0.39, 0.29) is 34.1 Å². The number of hydrogen-bond acceptors (Lipinski definition) is 6. The molecular weight excluding hydrogens is 413 g/mol. The third-order valence-electron chi connectivity index (χ3n) is 6.42. The summed E-state index contributed by atoms with van der Waals surface area (Å²) in [5, 5.41) is 8.63. The molecule has 3 N–H and O–H groups in total. The highest BCUT2D eigenvalue weighted by molar-refractivity contribution is 6.05. The molecule has 0 bridgehead atoms. The number of anilines is 3. The highest BCUT2D eigenvalue weighted by Gasteiger charge is 2.36. The van der Waals surface area contributed by atoms with E-state index in [0.717, 1.165) is 12.2 Å². The van der Waals surface area contributed by atoms with Crippen LogP contribution in [0, 0.1) is 18.2 Å². The number of furan rings is 1. The number of nitrogens with one attached hydrogen (secondary N) is 3. The first-order valence-corrected chi connectivity index (χ1v) is 10.6. The minimum Gasteiger partial charge on any atom is -0.464 e.